The molecule has 6 nitrogen and oxygen atoms in total. The average molecular weight is 362 g/mol. The number of aryl methyl sites for hydroxylation is 2. The second kappa shape index (κ2) is 7.27. The van der Waals surface area contributed by atoms with E-state index in [2.05, 4.69) is 10.5 Å². The summed E-state index contributed by atoms with van der Waals surface area (Å²) in [4.78, 5) is 26.5. The molecule has 2 heterocycles. The van der Waals surface area contributed by atoms with Crippen molar-refractivity contribution in [1.29, 1.82) is 0 Å². The number of aromatic nitrogens is 1. The van der Waals surface area contributed by atoms with Crippen LogP contribution in [0.15, 0.2) is 28.8 Å². The molecule has 1 aliphatic heterocycles. The van der Waals surface area contributed by atoms with Crippen molar-refractivity contribution in [3.63, 3.8) is 0 Å². The first-order valence-corrected chi connectivity index (χ1v) is 8.61. The van der Waals surface area contributed by atoms with E-state index in [0.717, 1.165) is 22.7 Å². The highest BCUT2D eigenvalue weighted by Crippen LogP contribution is 2.26. The Morgan fingerprint density at radius 1 is 1.36 bits per heavy atom. The van der Waals surface area contributed by atoms with Crippen LogP contribution in [-0.2, 0) is 16.0 Å². The molecule has 1 aromatic carbocycles. The highest BCUT2D eigenvalue weighted by molar-refractivity contribution is 6.30. The van der Waals surface area contributed by atoms with E-state index in [1.54, 1.807) is 29.2 Å². The van der Waals surface area contributed by atoms with Crippen LogP contribution in [0.4, 0.5) is 5.69 Å². The summed E-state index contributed by atoms with van der Waals surface area (Å²) in [5, 5.41) is 7.36. The Bertz CT molecular complexity index is 766. The fourth-order valence-corrected chi connectivity index (χ4v) is 3.22. The smallest absolute Gasteiger partial charge is 0.239 e. The molecule has 0 spiro atoms. The van der Waals surface area contributed by atoms with Gasteiger partial charge in [-0.1, -0.05) is 16.8 Å². The topological polar surface area (TPSA) is 75.4 Å². The van der Waals surface area contributed by atoms with Gasteiger partial charge in [-0.2, -0.15) is 0 Å². The van der Waals surface area contributed by atoms with Gasteiger partial charge in [-0.25, -0.2) is 0 Å². The standard InChI is InChI=1S/C18H20ClN3O3/c1-11-15(12(2)25-21-11)7-9-20-17(23)16-8-10-22(18(16)24)14-5-3-13(19)4-6-14/h3-6,16H,7-10H2,1-2H3,(H,20,23)/t16-/m0/s1. The van der Waals surface area contributed by atoms with Crippen molar-refractivity contribution in [2.45, 2.75) is 26.7 Å². The average Bonchev–Trinajstić information content (AvgIpc) is 3.12. The fraction of sp³-hybridized carbons (Fsp3) is 0.389. The van der Waals surface area contributed by atoms with E-state index < -0.39 is 5.92 Å². The lowest BCUT2D eigenvalue weighted by Crippen LogP contribution is -2.37. The molecule has 132 valence electrons. The molecular formula is C18H20ClN3O3. The summed E-state index contributed by atoms with van der Waals surface area (Å²) in [6.07, 6.45) is 1.15. The Balaban J connectivity index is 1.56. The second-order valence-electron chi connectivity index (χ2n) is 6.15. The molecule has 1 atom stereocenters. The van der Waals surface area contributed by atoms with Crippen molar-refractivity contribution in [2.75, 3.05) is 18.0 Å². The van der Waals surface area contributed by atoms with Crippen LogP contribution < -0.4 is 10.2 Å². The number of anilines is 1. The lowest BCUT2D eigenvalue weighted by atomic mass is 10.1. The van der Waals surface area contributed by atoms with Crippen LogP contribution in [0.5, 0.6) is 0 Å². The SMILES string of the molecule is Cc1noc(C)c1CCNC(=O)[C@@H]1CCN(c2ccc(Cl)cc2)C1=O. The van der Waals surface area contributed by atoms with Gasteiger partial charge >= 0.3 is 0 Å². The summed E-state index contributed by atoms with van der Waals surface area (Å²) in [5.74, 6) is -0.275. The van der Waals surface area contributed by atoms with E-state index in [-0.39, 0.29) is 11.8 Å². The van der Waals surface area contributed by atoms with Crippen LogP contribution in [0.3, 0.4) is 0 Å². The van der Waals surface area contributed by atoms with Crippen LogP contribution in [0, 0.1) is 19.8 Å². The molecule has 25 heavy (non-hydrogen) atoms. The molecule has 1 aromatic heterocycles. The van der Waals surface area contributed by atoms with E-state index in [9.17, 15) is 9.59 Å². The molecule has 1 fully saturated rings. The third kappa shape index (κ3) is 3.69. The molecule has 7 heteroatoms. The van der Waals surface area contributed by atoms with Gasteiger partial charge < -0.3 is 14.7 Å². The second-order valence-corrected chi connectivity index (χ2v) is 6.59. The maximum atomic E-state index is 12.5. The minimum atomic E-state index is -0.639. The first-order chi connectivity index (χ1) is 12.0. The van der Waals surface area contributed by atoms with Crippen molar-refractivity contribution < 1.29 is 14.1 Å². The van der Waals surface area contributed by atoms with E-state index in [1.165, 1.54) is 0 Å². The zero-order chi connectivity index (χ0) is 18.0. The Morgan fingerprint density at radius 3 is 2.72 bits per heavy atom. The molecule has 1 N–H and O–H groups in total. The predicted octanol–water partition coefficient (Wildman–Crippen LogP) is 2.66. The Labute approximate surface area is 151 Å². The maximum Gasteiger partial charge on any atom is 0.239 e. The molecule has 0 unspecified atom stereocenters. The first kappa shape index (κ1) is 17.5. The fourth-order valence-electron chi connectivity index (χ4n) is 3.09. The van der Waals surface area contributed by atoms with Crippen LogP contribution in [0.25, 0.3) is 0 Å². The molecule has 0 radical (unpaired) electrons. The number of carbonyl (C=O) groups excluding carboxylic acids is 2. The van der Waals surface area contributed by atoms with Gasteiger partial charge in [0.15, 0.2) is 0 Å². The van der Waals surface area contributed by atoms with Gasteiger partial charge in [-0.05, 0) is 51.0 Å². The molecule has 3 rings (SSSR count). The van der Waals surface area contributed by atoms with Crippen molar-refractivity contribution in [2.24, 2.45) is 5.92 Å². The van der Waals surface area contributed by atoms with Crippen LogP contribution >= 0.6 is 11.6 Å². The molecular weight excluding hydrogens is 342 g/mol. The lowest BCUT2D eigenvalue weighted by molar-refractivity contribution is -0.132. The molecule has 0 bridgehead atoms. The Morgan fingerprint density at radius 2 is 2.08 bits per heavy atom. The maximum absolute atomic E-state index is 12.5. The van der Waals surface area contributed by atoms with E-state index in [1.807, 2.05) is 13.8 Å². The Hall–Kier alpha value is -2.34. The van der Waals surface area contributed by atoms with Gasteiger partial charge in [0.2, 0.25) is 11.8 Å². The molecule has 1 saturated heterocycles. The number of hydrogen-bond donors (Lipinski definition) is 1. The molecule has 0 aliphatic carbocycles. The zero-order valence-corrected chi connectivity index (χ0v) is 15.0. The summed E-state index contributed by atoms with van der Waals surface area (Å²) in [6.45, 7) is 4.70. The zero-order valence-electron chi connectivity index (χ0n) is 14.2. The van der Waals surface area contributed by atoms with Crippen molar-refractivity contribution in [3.05, 3.63) is 46.3 Å². The Kier molecular flexibility index (Phi) is 5.08. The van der Waals surface area contributed by atoms with Crippen molar-refractivity contribution >= 4 is 29.1 Å². The van der Waals surface area contributed by atoms with Gasteiger partial charge in [-0.3, -0.25) is 9.59 Å². The quantitative estimate of drug-likeness (QED) is 0.831. The number of halogens is 1. The number of nitrogens with one attached hydrogen (secondary N) is 1. The largest absolute Gasteiger partial charge is 0.361 e. The van der Waals surface area contributed by atoms with Gasteiger partial charge in [0.25, 0.3) is 0 Å². The van der Waals surface area contributed by atoms with Gasteiger partial charge in [0, 0.05) is 29.4 Å². The number of carbonyl (C=O) groups is 2. The van der Waals surface area contributed by atoms with Gasteiger partial charge in [-0.15, -0.1) is 0 Å². The third-order valence-corrected chi connectivity index (χ3v) is 4.77. The van der Waals surface area contributed by atoms with Crippen LogP contribution in [0.2, 0.25) is 5.02 Å². The van der Waals surface area contributed by atoms with Gasteiger partial charge in [0.05, 0.1) is 5.69 Å². The van der Waals surface area contributed by atoms with Crippen LogP contribution in [0.1, 0.15) is 23.4 Å². The number of nitrogens with zero attached hydrogens (tertiary/aromatic N) is 2. The number of rotatable bonds is 5. The summed E-state index contributed by atoms with van der Waals surface area (Å²) >= 11 is 5.88. The van der Waals surface area contributed by atoms with E-state index >= 15 is 0 Å². The summed E-state index contributed by atoms with van der Waals surface area (Å²) in [5.41, 5.74) is 2.60. The van der Waals surface area contributed by atoms with E-state index in [4.69, 9.17) is 16.1 Å². The number of hydrogen-bond acceptors (Lipinski definition) is 4. The monoisotopic (exact) mass is 361 g/mol. The summed E-state index contributed by atoms with van der Waals surface area (Å²) < 4.78 is 5.11. The predicted molar refractivity (Wildman–Crippen MR) is 94.6 cm³/mol. The molecule has 2 amide bonds. The highest BCUT2D eigenvalue weighted by Gasteiger charge is 2.37. The first-order valence-electron chi connectivity index (χ1n) is 8.24. The highest BCUT2D eigenvalue weighted by atomic mass is 35.5. The normalized spacial score (nSPS) is 17.2. The molecule has 2 aromatic rings. The summed E-state index contributed by atoms with van der Waals surface area (Å²) in [7, 11) is 0. The van der Waals surface area contributed by atoms with E-state index in [0.29, 0.717) is 31.0 Å². The minimum absolute atomic E-state index is 0.169. The minimum Gasteiger partial charge on any atom is -0.361 e. The number of amides is 2. The van der Waals surface area contributed by atoms with Gasteiger partial charge in [0.1, 0.15) is 11.7 Å². The molecule has 1 aliphatic rings. The molecule has 0 saturated carbocycles. The van der Waals surface area contributed by atoms with Crippen LogP contribution in [-0.4, -0.2) is 30.1 Å². The third-order valence-electron chi connectivity index (χ3n) is 4.52. The van der Waals surface area contributed by atoms with Crippen molar-refractivity contribution in [3.8, 4) is 0 Å². The summed E-state index contributed by atoms with van der Waals surface area (Å²) in [6, 6.07) is 7.05. The lowest BCUT2D eigenvalue weighted by Gasteiger charge is -2.16. The van der Waals surface area contributed by atoms with Crippen molar-refractivity contribution in [1.82, 2.24) is 10.5 Å². The number of benzene rings is 1.